The smallest absolute Gasteiger partial charge is 0.306 e. The minimum atomic E-state index is -0.454. The highest BCUT2D eigenvalue weighted by molar-refractivity contribution is 5.65. The van der Waals surface area contributed by atoms with E-state index in [1.165, 1.54) is 6.92 Å². The Morgan fingerprint density at radius 2 is 1.76 bits per heavy atom. The van der Waals surface area contributed by atoms with Gasteiger partial charge in [-0.3, -0.25) is 4.79 Å². The zero-order chi connectivity index (χ0) is 12.3. The van der Waals surface area contributed by atoms with Crippen LogP contribution in [0.3, 0.4) is 0 Å². The lowest BCUT2D eigenvalue weighted by Gasteiger charge is -1.94. The quantitative estimate of drug-likeness (QED) is 0.715. The molecule has 2 aromatic rings. The first-order valence-corrected chi connectivity index (χ1v) is 4.58. The first kappa shape index (κ1) is 11.2. The molecule has 17 heavy (non-hydrogen) atoms. The van der Waals surface area contributed by atoms with E-state index in [9.17, 15) is 4.79 Å². The van der Waals surface area contributed by atoms with E-state index in [1.54, 1.807) is 0 Å². The van der Waals surface area contributed by atoms with Gasteiger partial charge in [0.05, 0.1) is 0 Å². The fraction of sp³-hybridized carbons (Fsp3) is 0.375. The second kappa shape index (κ2) is 4.70. The number of carbonyl (C=O) groups excluding carboxylic acids is 1. The molecule has 0 saturated heterocycles. The predicted octanol–water partition coefficient (Wildman–Crippen LogP) is -0.325. The third kappa shape index (κ3) is 2.64. The van der Waals surface area contributed by atoms with E-state index in [1.807, 2.05) is 0 Å². The highest BCUT2D eigenvalue weighted by Crippen LogP contribution is 2.16. The van der Waals surface area contributed by atoms with E-state index in [0.717, 1.165) is 0 Å². The number of aliphatic hydroxyl groups excluding tert-OH is 1. The SMILES string of the molecule is CC(=O)OCc1nnc(-c2nnc(CO)o2)o1. The number of hydrogen-bond acceptors (Lipinski definition) is 9. The molecule has 0 unspecified atom stereocenters. The fourth-order valence-corrected chi connectivity index (χ4v) is 0.966. The van der Waals surface area contributed by atoms with Crippen LogP contribution in [0.4, 0.5) is 0 Å². The molecule has 90 valence electrons. The predicted molar refractivity (Wildman–Crippen MR) is 49.0 cm³/mol. The highest BCUT2D eigenvalue weighted by Gasteiger charge is 2.15. The Kier molecular flexibility index (Phi) is 3.10. The van der Waals surface area contributed by atoms with Crippen LogP contribution in [0.2, 0.25) is 0 Å². The van der Waals surface area contributed by atoms with Crippen molar-refractivity contribution in [2.45, 2.75) is 20.1 Å². The van der Waals surface area contributed by atoms with Gasteiger partial charge in [-0.1, -0.05) is 0 Å². The maximum Gasteiger partial charge on any atom is 0.306 e. The number of rotatable bonds is 4. The van der Waals surface area contributed by atoms with Crippen molar-refractivity contribution in [3.05, 3.63) is 11.8 Å². The lowest BCUT2D eigenvalue weighted by molar-refractivity contribution is -0.142. The second-order valence-corrected chi connectivity index (χ2v) is 2.94. The van der Waals surface area contributed by atoms with Crippen LogP contribution in [-0.2, 0) is 22.7 Å². The molecular weight excluding hydrogens is 232 g/mol. The Balaban J connectivity index is 2.09. The molecule has 0 aliphatic rings. The second-order valence-electron chi connectivity index (χ2n) is 2.94. The molecule has 9 heteroatoms. The zero-order valence-electron chi connectivity index (χ0n) is 8.78. The third-order valence-electron chi connectivity index (χ3n) is 1.65. The number of aliphatic hydroxyl groups is 1. The van der Waals surface area contributed by atoms with Crippen molar-refractivity contribution >= 4 is 5.97 Å². The number of hydrogen-bond donors (Lipinski definition) is 1. The maximum absolute atomic E-state index is 10.6. The molecule has 2 aromatic heterocycles. The van der Waals surface area contributed by atoms with E-state index >= 15 is 0 Å². The molecule has 0 bridgehead atoms. The number of aromatic nitrogens is 4. The van der Waals surface area contributed by atoms with Crippen LogP contribution in [0.1, 0.15) is 18.7 Å². The van der Waals surface area contributed by atoms with Crippen molar-refractivity contribution in [1.82, 2.24) is 20.4 Å². The first-order chi connectivity index (χ1) is 8.19. The molecule has 0 atom stereocenters. The van der Waals surface area contributed by atoms with Crippen LogP contribution >= 0.6 is 0 Å². The molecule has 0 fully saturated rings. The topological polar surface area (TPSA) is 124 Å². The molecule has 0 spiro atoms. The van der Waals surface area contributed by atoms with Crippen LogP contribution in [0.5, 0.6) is 0 Å². The van der Waals surface area contributed by atoms with Gasteiger partial charge in [0.2, 0.25) is 5.89 Å². The van der Waals surface area contributed by atoms with Gasteiger partial charge in [0.15, 0.2) is 6.61 Å². The summed E-state index contributed by atoms with van der Waals surface area (Å²) >= 11 is 0. The van der Waals surface area contributed by atoms with E-state index in [4.69, 9.17) is 13.9 Å². The van der Waals surface area contributed by atoms with Crippen LogP contribution in [-0.4, -0.2) is 31.5 Å². The molecule has 0 amide bonds. The van der Waals surface area contributed by atoms with Gasteiger partial charge in [-0.25, -0.2) is 0 Å². The van der Waals surface area contributed by atoms with E-state index in [2.05, 4.69) is 25.1 Å². The van der Waals surface area contributed by atoms with Crippen molar-refractivity contribution in [3.8, 4) is 11.8 Å². The van der Waals surface area contributed by atoms with Gasteiger partial charge in [-0.05, 0) is 0 Å². The number of esters is 1. The minimum absolute atomic E-state index is 0.000600. The van der Waals surface area contributed by atoms with Gasteiger partial charge in [0, 0.05) is 6.92 Å². The summed E-state index contributed by atoms with van der Waals surface area (Å²) in [5.41, 5.74) is 0. The average Bonchev–Trinajstić information content (AvgIpc) is 2.94. The molecule has 0 aromatic carbocycles. The zero-order valence-corrected chi connectivity index (χ0v) is 8.78. The Morgan fingerprint density at radius 1 is 1.18 bits per heavy atom. The van der Waals surface area contributed by atoms with Gasteiger partial charge in [-0.15, -0.1) is 20.4 Å². The molecule has 0 radical (unpaired) electrons. The lowest BCUT2D eigenvalue weighted by Crippen LogP contribution is -1.98. The summed E-state index contributed by atoms with van der Waals surface area (Å²) in [6.45, 7) is 0.771. The standard InChI is InChI=1S/C8H8N4O5/c1-4(14)15-3-6-10-12-8(17-6)7-11-9-5(2-13)16-7/h13H,2-3H2,1H3. The van der Waals surface area contributed by atoms with Crippen LogP contribution in [0.25, 0.3) is 11.8 Å². The van der Waals surface area contributed by atoms with Crippen molar-refractivity contribution in [1.29, 1.82) is 0 Å². The van der Waals surface area contributed by atoms with Gasteiger partial charge >= 0.3 is 17.8 Å². The summed E-state index contributed by atoms with van der Waals surface area (Å²) in [4.78, 5) is 10.6. The maximum atomic E-state index is 10.6. The Morgan fingerprint density at radius 3 is 2.29 bits per heavy atom. The van der Waals surface area contributed by atoms with E-state index in [-0.39, 0.29) is 36.8 Å². The number of ether oxygens (including phenoxy) is 1. The molecule has 0 aliphatic carbocycles. The molecule has 9 nitrogen and oxygen atoms in total. The highest BCUT2D eigenvalue weighted by atomic mass is 16.5. The monoisotopic (exact) mass is 240 g/mol. The molecule has 0 aliphatic heterocycles. The Bertz CT molecular complexity index is 519. The summed E-state index contributed by atoms with van der Waals surface area (Å²) in [7, 11) is 0. The van der Waals surface area contributed by atoms with E-state index in [0.29, 0.717) is 0 Å². The summed E-state index contributed by atoms with van der Waals surface area (Å²) in [6.07, 6.45) is 0. The average molecular weight is 240 g/mol. The molecular formula is C8H8N4O5. The normalized spacial score (nSPS) is 10.5. The molecule has 1 N–H and O–H groups in total. The Hall–Kier alpha value is -2.29. The molecule has 2 heterocycles. The van der Waals surface area contributed by atoms with Gasteiger partial charge < -0.3 is 18.7 Å². The number of nitrogens with zero attached hydrogens (tertiary/aromatic N) is 4. The van der Waals surface area contributed by atoms with Crippen LogP contribution in [0.15, 0.2) is 8.83 Å². The lowest BCUT2D eigenvalue weighted by atomic mass is 10.6. The van der Waals surface area contributed by atoms with Crippen molar-refractivity contribution < 1.29 is 23.5 Å². The van der Waals surface area contributed by atoms with Crippen LogP contribution in [0, 0.1) is 0 Å². The molecule has 2 rings (SSSR count). The summed E-state index contributed by atoms with van der Waals surface area (Å²) in [6, 6.07) is 0. The summed E-state index contributed by atoms with van der Waals surface area (Å²) in [5, 5.41) is 23.1. The third-order valence-corrected chi connectivity index (χ3v) is 1.65. The first-order valence-electron chi connectivity index (χ1n) is 4.58. The van der Waals surface area contributed by atoms with Gasteiger partial charge in [0.25, 0.3) is 5.89 Å². The van der Waals surface area contributed by atoms with Gasteiger partial charge in [0.1, 0.15) is 6.61 Å². The van der Waals surface area contributed by atoms with Crippen molar-refractivity contribution in [2.24, 2.45) is 0 Å². The number of carbonyl (C=O) groups is 1. The van der Waals surface area contributed by atoms with Gasteiger partial charge in [-0.2, -0.15) is 0 Å². The Labute approximate surface area is 94.4 Å². The fourth-order valence-electron chi connectivity index (χ4n) is 0.966. The van der Waals surface area contributed by atoms with Crippen molar-refractivity contribution in [3.63, 3.8) is 0 Å². The van der Waals surface area contributed by atoms with Crippen molar-refractivity contribution in [2.75, 3.05) is 0 Å². The summed E-state index contributed by atoms with van der Waals surface area (Å²) < 4.78 is 14.7. The molecule has 0 saturated carbocycles. The van der Waals surface area contributed by atoms with E-state index < -0.39 is 5.97 Å². The minimum Gasteiger partial charge on any atom is -0.456 e. The van der Waals surface area contributed by atoms with Crippen LogP contribution < -0.4 is 0 Å². The largest absolute Gasteiger partial charge is 0.456 e. The summed E-state index contributed by atoms with van der Waals surface area (Å²) in [5.74, 6) is -0.307.